The first-order chi connectivity index (χ1) is 19.9. The van der Waals surface area contributed by atoms with E-state index >= 15 is 0 Å². The van der Waals surface area contributed by atoms with Gasteiger partial charge in [0.15, 0.2) is 23.0 Å². The molecular formula is C21H24ClN7O9P2S2. The topological polar surface area (TPSA) is 190 Å². The number of pyridine rings is 1. The highest BCUT2D eigenvalue weighted by Gasteiger charge is 2.50. The van der Waals surface area contributed by atoms with Gasteiger partial charge in [-0.2, -0.15) is 0 Å². The van der Waals surface area contributed by atoms with Crippen LogP contribution in [0.1, 0.15) is 17.9 Å². The Bertz CT molecular complexity index is 1820. The number of nitrogens with zero attached hydrogens (tertiary/aromatic N) is 6. The van der Waals surface area contributed by atoms with Crippen LogP contribution in [0.2, 0.25) is 5.02 Å². The number of fused-ring (bicyclic) bond motifs is 6. The van der Waals surface area contributed by atoms with E-state index in [0.29, 0.717) is 27.8 Å². The number of nitrogens with one attached hydrogen (secondary N) is 1. The Morgan fingerprint density at radius 3 is 2.76 bits per heavy atom. The zero-order valence-electron chi connectivity index (χ0n) is 21.9. The van der Waals surface area contributed by atoms with Gasteiger partial charge in [0.1, 0.15) is 42.1 Å². The molecule has 0 aliphatic carbocycles. The first kappa shape index (κ1) is 30.3. The molecule has 16 nitrogen and oxygen atoms in total. The van der Waals surface area contributed by atoms with Crippen LogP contribution in [-0.2, 0) is 64.3 Å². The highest BCUT2D eigenvalue weighted by molar-refractivity contribution is 8.07. The molecule has 4 aromatic rings. The zero-order valence-corrected chi connectivity index (χ0v) is 26.1. The van der Waals surface area contributed by atoms with Gasteiger partial charge in [-0.15, -0.1) is 0 Å². The van der Waals surface area contributed by atoms with Crippen molar-refractivity contribution < 1.29 is 37.4 Å². The largest absolute Gasteiger partial charge is 0.376 e. The summed E-state index contributed by atoms with van der Waals surface area (Å²) in [5.41, 5.74) is 0.734. The molecule has 4 aromatic heterocycles. The molecule has 2 aliphatic heterocycles. The Hall–Kier alpha value is -1.76. The molecule has 0 amide bonds. The fraction of sp³-hybridized carbons (Fsp3) is 0.476. The Balaban J connectivity index is 1.40. The molecule has 42 heavy (non-hydrogen) atoms. The van der Waals surface area contributed by atoms with Gasteiger partial charge in [0.2, 0.25) is 0 Å². The lowest BCUT2D eigenvalue weighted by atomic mass is 10.1. The van der Waals surface area contributed by atoms with Crippen molar-refractivity contribution in [2.24, 2.45) is 0 Å². The van der Waals surface area contributed by atoms with Gasteiger partial charge in [-0.05, 0) is 36.6 Å². The first-order valence-electron chi connectivity index (χ1n) is 12.3. The molecule has 226 valence electrons. The van der Waals surface area contributed by atoms with Gasteiger partial charge in [-0.25, -0.2) is 19.9 Å². The Labute approximate surface area is 252 Å². The summed E-state index contributed by atoms with van der Waals surface area (Å²) >= 11 is 16.7. The summed E-state index contributed by atoms with van der Waals surface area (Å²) in [5, 5.41) is 0.374. The molecule has 6 atom stereocenters. The summed E-state index contributed by atoms with van der Waals surface area (Å²) in [4.78, 5) is 54.5. The number of hydrogen-bond acceptors (Lipinski definition) is 13. The number of aryl methyl sites for hydroxylation is 1. The molecule has 2 unspecified atom stereocenters. The van der Waals surface area contributed by atoms with E-state index in [1.807, 2.05) is 0 Å². The maximum absolute atomic E-state index is 12.5. The molecule has 0 radical (unpaired) electrons. The Morgan fingerprint density at radius 1 is 1.17 bits per heavy atom. The lowest BCUT2D eigenvalue weighted by molar-refractivity contribution is -0.0511. The lowest BCUT2D eigenvalue weighted by Gasteiger charge is -2.27. The van der Waals surface area contributed by atoms with Crippen molar-refractivity contribution in [3.63, 3.8) is 0 Å². The number of H-pyrrole nitrogens is 1. The second-order valence-electron chi connectivity index (χ2n) is 9.33. The van der Waals surface area contributed by atoms with Crippen LogP contribution in [-0.4, -0.2) is 82.5 Å². The summed E-state index contributed by atoms with van der Waals surface area (Å²) in [6, 6.07) is 1.62. The van der Waals surface area contributed by atoms with Gasteiger partial charge in [0, 0.05) is 19.9 Å². The summed E-state index contributed by atoms with van der Waals surface area (Å²) in [7, 11) is 1.40. The average Bonchev–Trinajstić information content (AvgIpc) is 3.58. The fourth-order valence-electron chi connectivity index (χ4n) is 4.84. The summed E-state index contributed by atoms with van der Waals surface area (Å²) in [6.07, 6.45) is -1.17. The number of hydrogen-bond donors (Lipinski definition) is 3. The quantitative estimate of drug-likeness (QED) is 0.260. The number of methoxy groups -OCH3 is 1. The van der Waals surface area contributed by atoms with Crippen LogP contribution in [0.5, 0.6) is 0 Å². The standard InChI is InChI=1S/C21H24ClN7O9P2S2/c1-10-25-19-15(20(30)26-10)24-9-29(19)21-17-16(33-2)13(37-21)7-35-39(31,41)34-4-3-28-14(8-36-40(32,42)38-17)27-12-5-11(22)6-23-18(12)28/h5-6,9,13,16-17,21H,3-4,7-8H2,1-2H3,(H,31,41)(H,32,42)(H,25,26,30)/t13-,16-,17-,21-,39?,40?/m1/s1. The highest BCUT2D eigenvalue weighted by Crippen LogP contribution is 2.52. The van der Waals surface area contributed by atoms with Crippen LogP contribution in [0.3, 0.4) is 0 Å². The number of imidazole rings is 2. The van der Waals surface area contributed by atoms with Gasteiger partial charge in [-0.3, -0.25) is 13.9 Å². The van der Waals surface area contributed by atoms with E-state index < -0.39 is 43.5 Å². The van der Waals surface area contributed by atoms with Crippen molar-refractivity contribution in [1.29, 1.82) is 0 Å². The summed E-state index contributed by atoms with van der Waals surface area (Å²) < 4.78 is 38.0. The number of aromatic nitrogens is 7. The lowest BCUT2D eigenvalue weighted by Crippen LogP contribution is -2.37. The predicted molar refractivity (Wildman–Crippen MR) is 155 cm³/mol. The van der Waals surface area contributed by atoms with E-state index in [9.17, 15) is 14.6 Å². The molecule has 6 heterocycles. The molecule has 0 spiro atoms. The monoisotopic (exact) mass is 679 g/mol. The molecule has 1 saturated heterocycles. The second kappa shape index (κ2) is 11.6. The van der Waals surface area contributed by atoms with E-state index in [-0.39, 0.29) is 37.5 Å². The van der Waals surface area contributed by atoms with Gasteiger partial charge in [-0.1, -0.05) is 11.6 Å². The van der Waals surface area contributed by atoms with Crippen LogP contribution in [0, 0.1) is 6.92 Å². The number of rotatable bonds is 2. The van der Waals surface area contributed by atoms with Crippen LogP contribution < -0.4 is 5.56 Å². The highest BCUT2D eigenvalue weighted by atomic mass is 35.5. The van der Waals surface area contributed by atoms with E-state index in [2.05, 4.69) is 24.9 Å². The molecule has 0 aromatic carbocycles. The summed E-state index contributed by atoms with van der Waals surface area (Å²) in [6.45, 7) is -6.58. The first-order valence-corrected chi connectivity index (χ1v) is 17.9. The maximum Gasteiger partial charge on any atom is 0.325 e. The molecule has 0 saturated carbocycles. The van der Waals surface area contributed by atoms with Crippen molar-refractivity contribution in [1.82, 2.24) is 34.1 Å². The average molecular weight is 680 g/mol. The number of halogens is 1. The minimum Gasteiger partial charge on any atom is -0.376 e. The zero-order chi connectivity index (χ0) is 29.8. The van der Waals surface area contributed by atoms with E-state index in [0.717, 1.165) is 0 Å². The fourth-order valence-corrected chi connectivity index (χ4v) is 7.45. The minimum absolute atomic E-state index is 0.0605. The minimum atomic E-state index is -4.01. The Kier molecular flexibility index (Phi) is 8.38. The van der Waals surface area contributed by atoms with Crippen molar-refractivity contribution in [3.05, 3.63) is 45.6 Å². The third-order valence-corrected chi connectivity index (χ3v) is 9.96. The van der Waals surface area contributed by atoms with Gasteiger partial charge < -0.3 is 42.4 Å². The third-order valence-electron chi connectivity index (χ3n) is 6.60. The van der Waals surface area contributed by atoms with Crippen LogP contribution in [0.4, 0.5) is 0 Å². The van der Waals surface area contributed by atoms with Crippen LogP contribution >= 0.6 is 25.0 Å². The molecule has 3 N–H and O–H groups in total. The van der Waals surface area contributed by atoms with Crippen molar-refractivity contribution in [2.75, 3.05) is 20.3 Å². The van der Waals surface area contributed by atoms with Gasteiger partial charge in [0.25, 0.3) is 5.56 Å². The Morgan fingerprint density at radius 2 is 1.98 bits per heavy atom. The van der Waals surface area contributed by atoms with Crippen molar-refractivity contribution in [3.8, 4) is 0 Å². The second-order valence-corrected chi connectivity index (χ2v) is 15.4. The predicted octanol–water partition coefficient (Wildman–Crippen LogP) is 1.82. The molecule has 2 bridgehead atoms. The molecule has 21 heteroatoms. The summed E-state index contributed by atoms with van der Waals surface area (Å²) in [5.74, 6) is 0.673. The van der Waals surface area contributed by atoms with Gasteiger partial charge >= 0.3 is 13.4 Å². The van der Waals surface area contributed by atoms with E-state index in [1.54, 1.807) is 17.6 Å². The molecule has 1 fully saturated rings. The van der Waals surface area contributed by atoms with E-state index in [4.69, 9.17) is 62.8 Å². The molecule has 2 aliphatic rings. The van der Waals surface area contributed by atoms with Crippen molar-refractivity contribution >= 4 is 71.0 Å². The molecular weight excluding hydrogens is 656 g/mol. The number of ether oxygens (including phenoxy) is 2. The normalized spacial score (nSPS) is 31.2. The van der Waals surface area contributed by atoms with Gasteiger partial charge in [0.05, 0.1) is 24.6 Å². The molecule has 6 rings (SSSR count). The SMILES string of the molecule is CO[C@H]1[C@H]2OP(O)(=S)OCc3nc4cc(Cl)cnc4n3CCOP(O)(=S)OC[C@H]1O[C@H]2n1cnc2c(=O)[nH]c(C)nc21. The maximum atomic E-state index is 12.5. The smallest absolute Gasteiger partial charge is 0.325 e. The third kappa shape index (κ3) is 5.97. The van der Waals surface area contributed by atoms with Crippen LogP contribution in [0.25, 0.3) is 22.3 Å². The van der Waals surface area contributed by atoms with Crippen LogP contribution in [0.15, 0.2) is 23.4 Å². The number of aromatic amines is 1. The van der Waals surface area contributed by atoms with E-state index in [1.165, 1.54) is 24.2 Å². The van der Waals surface area contributed by atoms with Crippen molar-refractivity contribution in [2.45, 2.75) is 44.6 Å².